The minimum atomic E-state index is -1.51. The van der Waals surface area contributed by atoms with Gasteiger partial charge in [-0.15, -0.1) is 6.58 Å². The molecule has 6 unspecified atom stereocenters. The number of likely N-dealkylation sites (N-methyl/N-ethyl adjacent to an activating group) is 1. The summed E-state index contributed by atoms with van der Waals surface area (Å²) in [7, 11) is 1.63. The molecule has 1 fully saturated rings. The molecule has 1 heterocycles. The molecule has 13 heteroatoms. The first-order valence-corrected chi connectivity index (χ1v) is 23.0. The number of hydrogen-bond acceptors (Lipinski definition) is 11. The zero-order valence-corrected chi connectivity index (χ0v) is 37.7. The fourth-order valence-corrected chi connectivity index (χ4v) is 9.97. The topological polar surface area (TPSA) is 162 Å². The van der Waals surface area contributed by atoms with Gasteiger partial charge >= 0.3 is 6.09 Å². The number of unbranched alkanes of at least 4 members (excludes halogenated alkanes) is 2. The lowest BCUT2D eigenvalue weighted by Gasteiger charge is -2.59. The molecule has 67 heavy (non-hydrogen) atoms. The lowest BCUT2D eigenvalue weighted by Crippen LogP contribution is -2.69. The summed E-state index contributed by atoms with van der Waals surface area (Å²) in [5.74, 6) is -0.339. The van der Waals surface area contributed by atoms with E-state index in [-0.39, 0.29) is 62.0 Å². The normalized spacial score (nSPS) is 22.0. The molecule has 5 aromatic rings. The van der Waals surface area contributed by atoms with Crippen LogP contribution in [0.25, 0.3) is 11.1 Å². The number of carbonyl (C=O) groups is 1. The Hall–Kier alpha value is -6.80. The SMILES string of the molecule is C=CCOC12Oc3ccc(Oc4ccc(-c5ccccc5)cc4)cc3C3C(CCCCO)C(CCCCO)C=C(C(=NOCc4ccccc4)CC1N(C)C(=O)Oc1ccc([N+](=O)[O-])cc1)C32. The second-order valence-electron chi connectivity index (χ2n) is 17.3. The maximum atomic E-state index is 14.4. The van der Waals surface area contributed by atoms with Crippen molar-refractivity contribution in [3.63, 3.8) is 0 Å². The maximum Gasteiger partial charge on any atom is 0.415 e. The van der Waals surface area contributed by atoms with Gasteiger partial charge in [0.1, 0.15) is 35.6 Å². The molecule has 6 atom stereocenters. The number of allylic oxidation sites excluding steroid dienone is 1. The largest absolute Gasteiger partial charge is 0.459 e. The summed E-state index contributed by atoms with van der Waals surface area (Å²) in [4.78, 5) is 32.9. The van der Waals surface area contributed by atoms with Gasteiger partial charge in [0, 0.05) is 50.3 Å². The molecule has 0 bridgehead atoms. The first-order valence-electron chi connectivity index (χ1n) is 23.0. The van der Waals surface area contributed by atoms with Crippen molar-refractivity contribution in [1.29, 1.82) is 0 Å². The lowest BCUT2D eigenvalue weighted by atomic mass is 9.55. The number of nitro benzene ring substituents is 1. The summed E-state index contributed by atoms with van der Waals surface area (Å²) in [6, 6.07) is 38.2. The molecule has 1 aliphatic heterocycles. The van der Waals surface area contributed by atoms with Gasteiger partial charge in [0.2, 0.25) is 5.79 Å². The van der Waals surface area contributed by atoms with Crippen molar-refractivity contribution in [3.05, 3.63) is 173 Å². The molecule has 2 N–H and O–H groups in total. The molecular weight excluding hydrogens is 851 g/mol. The number of rotatable bonds is 20. The summed E-state index contributed by atoms with van der Waals surface area (Å²) >= 11 is 0. The lowest BCUT2D eigenvalue weighted by molar-refractivity contribution is -0.384. The smallest absolute Gasteiger partial charge is 0.415 e. The molecule has 13 nitrogen and oxygen atoms in total. The minimum absolute atomic E-state index is 0.00337. The molecule has 0 aromatic heterocycles. The quantitative estimate of drug-likeness (QED) is 0.0333. The number of nitrogens with zero attached hydrogens (tertiary/aromatic N) is 3. The van der Waals surface area contributed by atoms with Crippen LogP contribution in [0.5, 0.6) is 23.0 Å². The van der Waals surface area contributed by atoms with E-state index >= 15 is 0 Å². The third kappa shape index (κ3) is 10.4. The summed E-state index contributed by atoms with van der Waals surface area (Å²) in [6.45, 7) is 4.43. The zero-order valence-electron chi connectivity index (χ0n) is 37.7. The Morgan fingerprint density at radius 3 is 2.21 bits per heavy atom. The van der Waals surface area contributed by atoms with E-state index in [9.17, 15) is 25.1 Å². The molecule has 2 aliphatic carbocycles. The average molecular weight is 908 g/mol. The summed E-state index contributed by atoms with van der Waals surface area (Å²) < 4.78 is 26.7. The van der Waals surface area contributed by atoms with Crippen molar-refractivity contribution < 1.29 is 43.7 Å². The van der Waals surface area contributed by atoms with Gasteiger partial charge in [-0.05, 0) is 102 Å². The van der Waals surface area contributed by atoms with Gasteiger partial charge < -0.3 is 38.9 Å². The number of amides is 1. The highest BCUT2D eigenvalue weighted by molar-refractivity contribution is 6.03. The number of hydrogen-bond donors (Lipinski definition) is 2. The Kier molecular flexibility index (Phi) is 15.1. The molecule has 5 aromatic carbocycles. The van der Waals surface area contributed by atoms with Gasteiger partial charge in [-0.1, -0.05) is 103 Å². The average Bonchev–Trinajstić information content (AvgIpc) is 3.35. The third-order valence-electron chi connectivity index (χ3n) is 13.1. The maximum absolute atomic E-state index is 14.4. The zero-order chi connectivity index (χ0) is 46.8. The van der Waals surface area contributed by atoms with Crippen molar-refractivity contribution in [1.82, 2.24) is 4.90 Å². The van der Waals surface area contributed by atoms with Gasteiger partial charge in [0.05, 0.1) is 23.2 Å². The second-order valence-corrected chi connectivity index (χ2v) is 17.3. The van der Waals surface area contributed by atoms with Crippen LogP contribution in [0.3, 0.4) is 0 Å². The Morgan fingerprint density at radius 2 is 1.52 bits per heavy atom. The molecular formula is C54H57N3O10. The monoisotopic (exact) mass is 907 g/mol. The van der Waals surface area contributed by atoms with Gasteiger partial charge in [-0.2, -0.15) is 0 Å². The van der Waals surface area contributed by atoms with Crippen LogP contribution in [-0.4, -0.2) is 70.5 Å². The second kappa shape index (κ2) is 21.7. The highest BCUT2D eigenvalue weighted by atomic mass is 16.7. The van der Waals surface area contributed by atoms with Gasteiger partial charge in [-0.25, -0.2) is 4.79 Å². The fraction of sp³-hybridized carbons (Fsp3) is 0.333. The summed E-state index contributed by atoms with van der Waals surface area (Å²) in [5, 5.41) is 36.2. The molecule has 1 amide bonds. The highest BCUT2D eigenvalue weighted by Crippen LogP contribution is 2.62. The van der Waals surface area contributed by atoms with Crippen molar-refractivity contribution in [2.75, 3.05) is 26.9 Å². The van der Waals surface area contributed by atoms with E-state index in [4.69, 9.17) is 28.9 Å². The first kappa shape index (κ1) is 46.7. The van der Waals surface area contributed by atoms with Crippen LogP contribution in [0.15, 0.2) is 157 Å². The molecule has 8 rings (SSSR count). The predicted octanol–water partition coefficient (Wildman–Crippen LogP) is 11.0. The molecule has 0 spiro atoms. The number of carbonyl (C=O) groups excluding carboxylic acids is 1. The van der Waals surface area contributed by atoms with Crippen molar-refractivity contribution in [2.45, 2.75) is 69.3 Å². The third-order valence-corrected chi connectivity index (χ3v) is 13.1. The Bertz CT molecular complexity index is 2530. The van der Waals surface area contributed by atoms with Gasteiger partial charge in [-0.3, -0.25) is 10.1 Å². The van der Waals surface area contributed by atoms with E-state index in [0.717, 1.165) is 53.5 Å². The number of nitro groups is 1. The number of aliphatic hydroxyl groups excluding tert-OH is 2. The van der Waals surface area contributed by atoms with Crippen LogP contribution in [-0.2, 0) is 16.2 Å². The molecule has 3 aliphatic rings. The first-order chi connectivity index (χ1) is 32.7. The van der Waals surface area contributed by atoms with Crippen LogP contribution in [0.2, 0.25) is 0 Å². The van der Waals surface area contributed by atoms with E-state index in [2.05, 4.69) is 24.8 Å². The highest BCUT2D eigenvalue weighted by Gasteiger charge is 2.65. The molecule has 0 radical (unpaired) electrons. The van der Waals surface area contributed by atoms with Crippen LogP contribution < -0.4 is 14.2 Å². The van der Waals surface area contributed by atoms with E-state index < -0.39 is 28.8 Å². The molecule has 1 saturated carbocycles. The van der Waals surface area contributed by atoms with Crippen molar-refractivity contribution in [3.8, 4) is 34.1 Å². The van der Waals surface area contributed by atoms with Crippen molar-refractivity contribution >= 4 is 17.5 Å². The van der Waals surface area contributed by atoms with Crippen LogP contribution in [0.1, 0.15) is 62.0 Å². The number of non-ortho nitro benzene ring substituents is 1. The Labute approximate surface area is 391 Å². The van der Waals surface area contributed by atoms with Crippen LogP contribution in [0.4, 0.5) is 10.5 Å². The molecule has 348 valence electrons. The number of aliphatic hydroxyl groups is 2. The van der Waals surface area contributed by atoms with Gasteiger partial charge in [0.15, 0.2) is 0 Å². The predicted molar refractivity (Wildman–Crippen MR) is 255 cm³/mol. The van der Waals surface area contributed by atoms with E-state index in [0.29, 0.717) is 35.8 Å². The molecule has 0 saturated heterocycles. The Balaban J connectivity index is 1.25. The van der Waals surface area contributed by atoms with Gasteiger partial charge in [0.25, 0.3) is 5.69 Å². The van der Waals surface area contributed by atoms with E-state index in [1.165, 1.54) is 29.2 Å². The minimum Gasteiger partial charge on any atom is -0.459 e. The van der Waals surface area contributed by atoms with E-state index in [1.807, 2.05) is 91.0 Å². The van der Waals surface area contributed by atoms with E-state index in [1.54, 1.807) is 13.1 Å². The number of oxime groups is 1. The summed E-state index contributed by atoms with van der Waals surface area (Å²) in [6.07, 6.45) is 7.74. The number of fused-ring (bicyclic) bond motifs is 2. The number of benzene rings is 5. The fourth-order valence-electron chi connectivity index (χ4n) is 9.97. The Morgan fingerprint density at radius 1 is 0.866 bits per heavy atom. The van der Waals surface area contributed by atoms with Crippen LogP contribution >= 0.6 is 0 Å². The number of ether oxygens (including phenoxy) is 4. The van der Waals surface area contributed by atoms with Crippen molar-refractivity contribution in [2.24, 2.45) is 22.9 Å². The summed E-state index contributed by atoms with van der Waals surface area (Å²) in [5.41, 5.74) is 5.40. The standard InChI is InChI=1S/C54H57N3O10/c1-3-32-63-54-50(56(2)53(60)66-43-26-22-41(23-27-43)57(61)62)35-48(55-64-36-37-14-6-4-7-15-37)46-33-40(18-10-12-30-58)45(19-11-13-31-59)51(52(46)54)47-34-44(28-29-49(47)67-54)65-42-24-20-39(21-25-42)38-16-8-5-9-17-38/h3-9,14-17,20-29,33-34,40,45,50-52,58-59H,1,10-13,18-19,30-32,35-36H2,2H3. The van der Waals surface area contributed by atoms with Crippen LogP contribution in [0, 0.1) is 27.9 Å².